The second-order valence-corrected chi connectivity index (χ2v) is 12.4. The summed E-state index contributed by atoms with van der Waals surface area (Å²) in [5.74, 6) is 1.46. The average molecular weight is 738 g/mol. The van der Waals surface area contributed by atoms with Crippen LogP contribution in [0.4, 0.5) is 11.4 Å². The lowest BCUT2D eigenvalue weighted by atomic mass is 10.00. The van der Waals surface area contributed by atoms with Gasteiger partial charge in [-0.15, -0.1) is 0 Å². The van der Waals surface area contributed by atoms with Gasteiger partial charge in [-0.25, -0.2) is 0 Å². The topological polar surface area (TPSA) is 158 Å². The second-order valence-electron chi connectivity index (χ2n) is 12.0. The van der Waals surface area contributed by atoms with Gasteiger partial charge in [0.1, 0.15) is 17.4 Å². The number of phenols is 1. The maximum atomic E-state index is 12.8. The molecular formula is C40H44ClN7O5. The van der Waals surface area contributed by atoms with Crippen LogP contribution in [0.3, 0.4) is 0 Å². The van der Waals surface area contributed by atoms with Crippen molar-refractivity contribution in [3.8, 4) is 5.75 Å². The van der Waals surface area contributed by atoms with Crippen molar-refractivity contribution in [3.05, 3.63) is 125 Å². The summed E-state index contributed by atoms with van der Waals surface area (Å²) in [7, 11) is 0. The number of halogens is 1. The Labute approximate surface area is 314 Å². The van der Waals surface area contributed by atoms with Gasteiger partial charge in [-0.1, -0.05) is 54.9 Å². The van der Waals surface area contributed by atoms with Gasteiger partial charge in [-0.3, -0.25) is 14.6 Å². The molecule has 1 aliphatic rings. The number of hydrogen-bond acceptors (Lipinski definition) is 9. The third-order valence-corrected chi connectivity index (χ3v) is 8.55. The molecule has 0 saturated carbocycles. The van der Waals surface area contributed by atoms with Crippen LogP contribution in [0.25, 0.3) is 0 Å². The molecular weight excluding hydrogens is 694 g/mol. The number of amidine groups is 2. The molecule has 0 bridgehead atoms. The van der Waals surface area contributed by atoms with Crippen LogP contribution in [0.2, 0.25) is 5.02 Å². The number of aliphatic imine (C=N–C) groups is 3. The lowest BCUT2D eigenvalue weighted by Gasteiger charge is -2.18. The number of benzene rings is 4. The van der Waals surface area contributed by atoms with Crippen LogP contribution in [-0.2, 0) is 16.0 Å². The molecule has 0 aromatic heterocycles. The minimum Gasteiger partial charge on any atom is -0.508 e. The normalized spacial score (nSPS) is 14.8. The van der Waals surface area contributed by atoms with Gasteiger partial charge >= 0.3 is 0 Å². The van der Waals surface area contributed by atoms with Gasteiger partial charge in [0, 0.05) is 53.0 Å². The molecule has 1 aliphatic heterocycles. The van der Waals surface area contributed by atoms with E-state index in [0.29, 0.717) is 92.0 Å². The molecule has 5 rings (SSSR count). The fourth-order valence-electron chi connectivity index (χ4n) is 5.27. The summed E-state index contributed by atoms with van der Waals surface area (Å²) in [4.78, 5) is 39.3. The molecule has 0 saturated heterocycles. The lowest BCUT2D eigenvalue weighted by molar-refractivity contribution is 0.0512. The first-order valence-electron chi connectivity index (χ1n) is 17.5. The number of phenolic OH excluding ortho intramolecular Hbond substituents is 1. The summed E-state index contributed by atoms with van der Waals surface area (Å²) >= 11 is 6.23. The van der Waals surface area contributed by atoms with Crippen LogP contribution < -0.4 is 21.3 Å². The number of anilines is 2. The molecule has 1 atom stereocenters. The Morgan fingerprint density at radius 3 is 2.15 bits per heavy atom. The van der Waals surface area contributed by atoms with Crippen molar-refractivity contribution in [2.45, 2.75) is 26.3 Å². The van der Waals surface area contributed by atoms with Crippen LogP contribution >= 0.6 is 11.6 Å². The van der Waals surface area contributed by atoms with Crippen molar-refractivity contribution in [2.75, 3.05) is 50.2 Å². The monoisotopic (exact) mass is 737 g/mol. The highest BCUT2D eigenvalue weighted by Gasteiger charge is 2.22. The van der Waals surface area contributed by atoms with Crippen LogP contribution in [0.15, 0.2) is 118 Å². The molecule has 4 aromatic rings. The Balaban J connectivity index is 1.14. The molecule has 0 radical (unpaired) electrons. The van der Waals surface area contributed by atoms with Crippen molar-refractivity contribution in [1.82, 2.24) is 10.6 Å². The van der Waals surface area contributed by atoms with E-state index < -0.39 is 0 Å². The number of nitrogens with one attached hydrogen (secondary N) is 4. The maximum absolute atomic E-state index is 12.8. The molecule has 1 heterocycles. The number of aromatic hydroxyl groups is 1. The van der Waals surface area contributed by atoms with Crippen molar-refractivity contribution in [3.63, 3.8) is 0 Å². The summed E-state index contributed by atoms with van der Waals surface area (Å²) in [5, 5.41) is 22.8. The molecule has 0 fully saturated rings. The molecule has 4 aromatic carbocycles. The van der Waals surface area contributed by atoms with E-state index in [9.17, 15) is 14.7 Å². The van der Waals surface area contributed by atoms with E-state index in [-0.39, 0.29) is 23.5 Å². The van der Waals surface area contributed by atoms with Crippen LogP contribution in [0.1, 0.15) is 46.0 Å². The number of rotatable bonds is 16. The van der Waals surface area contributed by atoms with Gasteiger partial charge in [-0.05, 0) is 78.7 Å². The van der Waals surface area contributed by atoms with Gasteiger partial charge in [0.15, 0.2) is 0 Å². The minimum absolute atomic E-state index is 0.0214. The van der Waals surface area contributed by atoms with Crippen LogP contribution in [0, 0.1) is 5.92 Å². The Bertz CT molecular complexity index is 1880. The third-order valence-electron chi connectivity index (χ3n) is 8.18. The van der Waals surface area contributed by atoms with Gasteiger partial charge in [0.2, 0.25) is 5.96 Å². The minimum atomic E-state index is -0.205. The zero-order valence-corrected chi connectivity index (χ0v) is 30.3. The summed E-state index contributed by atoms with van der Waals surface area (Å²) in [6.45, 7) is 4.77. The zero-order chi connectivity index (χ0) is 37.3. The molecule has 5 N–H and O–H groups in total. The molecule has 53 heavy (non-hydrogen) atoms. The SMILES string of the molecule is CCC1CC(=NCCOCCOCCNC(=O)c2ccccc2)N=C(Nc2ccc(O)cc2)N=C1Nc1ccc(C(=O)NCc2ccccc2Cl)cc1. The highest BCUT2D eigenvalue weighted by molar-refractivity contribution is 6.31. The van der Waals surface area contributed by atoms with Crippen molar-refractivity contribution in [1.29, 1.82) is 0 Å². The summed E-state index contributed by atoms with van der Waals surface area (Å²) < 4.78 is 11.3. The van der Waals surface area contributed by atoms with Gasteiger partial charge in [0.25, 0.3) is 11.8 Å². The second kappa shape index (κ2) is 20.5. The third kappa shape index (κ3) is 12.6. The van der Waals surface area contributed by atoms with E-state index in [4.69, 9.17) is 36.1 Å². The predicted molar refractivity (Wildman–Crippen MR) is 210 cm³/mol. The number of hydrogen-bond donors (Lipinski definition) is 5. The number of carbonyl (C=O) groups excluding carboxylic acids is 2. The lowest BCUT2D eigenvalue weighted by Crippen LogP contribution is -2.27. The molecule has 276 valence electrons. The van der Waals surface area contributed by atoms with Gasteiger partial charge < -0.3 is 35.8 Å². The van der Waals surface area contributed by atoms with E-state index in [1.807, 2.05) is 48.5 Å². The quantitative estimate of drug-likeness (QED) is 0.0645. The Morgan fingerprint density at radius 2 is 1.42 bits per heavy atom. The van der Waals surface area contributed by atoms with Crippen LogP contribution in [0.5, 0.6) is 5.75 Å². The van der Waals surface area contributed by atoms with Crippen molar-refractivity contribution >= 4 is 52.4 Å². The van der Waals surface area contributed by atoms with Crippen LogP contribution in [-0.4, -0.2) is 74.1 Å². The molecule has 12 nitrogen and oxygen atoms in total. The van der Waals surface area contributed by atoms with Gasteiger partial charge in [-0.2, -0.15) is 9.98 Å². The predicted octanol–water partition coefficient (Wildman–Crippen LogP) is 6.55. The maximum Gasteiger partial charge on any atom is 0.251 e. The standard InChI is InChI=1S/C40H44ClN7O5/c1-2-28-26-36(42-20-22-52-24-25-53-23-21-43-38(50)29-8-4-3-5-9-29)47-40(46-33-16-18-34(49)19-17-33)48-37(28)45-32-14-12-30(13-15-32)39(51)44-27-31-10-6-7-11-35(31)41/h3-19,28,49H,2,20-27H2,1H3,(H,43,50)(H,44,51)(H2,42,45,46,47,48). The number of guanidine groups is 1. The highest BCUT2D eigenvalue weighted by atomic mass is 35.5. The Kier molecular flexibility index (Phi) is 14.9. The first-order chi connectivity index (χ1) is 25.9. The van der Waals surface area contributed by atoms with E-state index in [0.717, 1.165) is 17.7 Å². The Morgan fingerprint density at radius 1 is 0.774 bits per heavy atom. The summed E-state index contributed by atoms with van der Waals surface area (Å²) in [5.41, 5.74) is 3.44. The summed E-state index contributed by atoms with van der Waals surface area (Å²) in [6, 6.07) is 30.3. The average Bonchev–Trinajstić information content (AvgIpc) is 3.34. The number of amides is 2. The first-order valence-corrected chi connectivity index (χ1v) is 17.9. The Hall–Kier alpha value is -5.56. The van der Waals surface area contributed by atoms with E-state index in [1.165, 1.54) is 0 Å². The molecule has 13 heteroatoms. The number of carbonyl (C=O) groups is 2. The summed E-state index contributed by atoms with van der Waals surface area (Å²) in [6.07, 6.45) is 1.32. The van der Waals surface area contributed by atoms with Crippen molar-refractivity contribution < 1.29 is 24.2 Å². The fraction of sp³-hybridized carbons (Fsp3) is 0.275. The molecule has 1 unspecified atom stereocenters. The van der Waals surface area contributed by atoms with Gasteiger partial charge in [0.05, 0.1) is 33.0 Å². The zero-order valence-electron chi connectivity index (χ0n) is 29.6. The molecule has 0 aliphatic carbocycles. The number of ether oxygens (including phenoxy) is 2. The first kappa shape index (κ1) is 38.7. The smallest absolute Gasteiger partial charge is 0.251 e. The highest BCUT2D eigenvalue weighted by Crippen LogP contribution is 2.21. The molecule has 0 spiro atoms. The van der Waals surface area contributed by atoms with E-state index >= 15 is 0 Å². The fourth-order valence-corrected chi connectivity index (χ4v) is 5.48. The van der Waals surface area contributed by atoms with E-state index in [1.54, 1.807) is 54.6 Å². The van der Waals surface area contributed by atoms with E-state index in [2.05, 4.69) is 28.2 Å². The molecule has 2 amide bonds. The number of nitrogens with zero attached hydrogens (tertiary/aromatic N) is 3. The van der Waals surface area contributed by atoms with Crippen molar-refractivity contribution in [2.24, 2.45) is 20.9 Å². The largest absolute Gasteiger partial charge is 0.508 e.